The van der Waals surface area contributed by atoms with E-state index in [0.717, 1.165) is 11.5 Å². The molecular weight excluding hydrogens is 279 g/mol. The Hall–Kier alpha value is -2.02. The molecule has 0 unspecified atom stereocenters. The van der Waals surface area contributed by atoms with Gasteiger partial charge in [0, 0.05) is 11.1 Å². The van der Waals surface area contributed by atoms with Crippen molar-refractivity contribution in [3.8, 4) is 0 Å². The third kappa shape index (κ3) is 2.93. The van der Waals surface area contributed by atoms with Crippen LogP contribution in [0.3, 0.4) is 0 Å². The quantitative estimate of drug-likeness (QED) is 0.835. The smallest absolute Gasteiger partial charge is 0.269 e. The van der Waals surface area contributed by atoms with Gasteiger partial charge in [-0.1, -0.05) is 25.3 Å². The Bertz CT molecular complexity index is 648. The molecule has 5 nitrogen and oxygen atoms in total. The maximum atomic E-state index is 13.3. The normalized spacial score (nSPS) is 11.4. The molecule has 0 aliphatic rings. The lowest BCUT2D eigenvalue weighted by molar-refractivity contribution is 0.102. The minimum Gasteiger partial charge on any atom is -0.396 e. The lowest BCUT2D eigenvalue weighted by atomic mass is 9.91. The fraction of sp³-hybridized carbons (Fsp3) is 0.308. The van der Waals surface area contributed by atoms with Gasteiger partial charge in [0.15, 0.2) is 0 Å². The number of benzene rings is 1. The summed E-state index contributed by atoms with van der Waals surface area (Å²) in [6, 6.07) is 4.13. The largest absolute Gasteiger partial charge is 0.396 e. The second kappa shape index (κ2) is 5.16. The van der Waals surface area contributed by atoms with Gasteiger partial charge in [-0.15, -0.1) is 5.10 Å². The lowest BCUT2D eigenvalue weighted by Gasteiger charge is -2.16. The van der Waals surface area contributed by atoms with Crippen LogP contribution in [0.2, 0.25) is 0 Å². The number of nitrogens with two attached hydrogens (primary N) is 1. The first-order valence-corrected chi connectivity index (χ1v) is 6.75. The summed E-state index contributed by atoms with van der Waals surface area (Å²) in [6.45, 7) is 5.84. The monoisotopic (exact) mass is 294 g/mol. The number of hydrogen-bond acceptors (Lipinski definition) is 5. The molecule has 1 aromatic carbocycles. The van der Waals surface area contributed by atoms with Gasteiger partial charge in [0.25, 0.3) is 5.91 Å². The van der Waals surface area contributed by atoms with E-state index in [2.05, 4.69) is 14.9 Å². The van der Waals surface area contributed by atoms with Crippen molar-refractivity contribution in [2.24, 2.45) is 0 Å². The van der Waals surface area contributed by atoms with Crippen LogP contribution in [0, 0.1) is 5.82 Å². The molecule has 0 radical (unpaired) electrons. The van der Waals surface area contributed by atoms with E-state index >= 15 is 0 Å². The number of amides is 1. The first-order chi connectivity index (χ1) is 9.29. The van der Waals surface area contributed by atoms with E-state index in [1.165, 1.54) is 12.1 Å². The van der Waals surface area contributed by atoms with E-state index in [4.69, 9.17) is 5.73 Å². The predicted molar refractivity (Wildman–Crippen MR) is 77.4 cm³/mol. The topological polar surface area (TPSA) is 80.9 Å². The highest BCUT2D eigenvalue weighted by Crippen LogP contribution is 2.26. The van der Waals surface area contributed by atoms with Gasteiger partial charge in [-0.05, 0) is 29.7 Å². The zero-order valence-electron chi connectivity index (χ0n) is 11.4. The number of rotatable bonds is 2. The zero-order chi connectivity index (χ0) is 14.9. The number of nitrogen functional groups attached to an aromatic ring is 1. The number of halogens is 1. The number of aromatic nitrogens is 2. The number of nitrogens with one attached hydrogen (secondary N) is 1. The summed E-state index contributed by atoms with van der Waals surface area (Å²) in [6.07, 6.45) is 0. The van der Waals surface area contributed by atoms with E-state index in [-0.39, 0.29) is 17.0 Å². The van der Waals surface area contributed by atoms with E-state index in [0.29, 0.717) is 16.3 Å². The average molecular weight is 294 g/mol. The lowest BCUT2D eigenvalue weighted by Crippen LogP contribution is -2.19. The van der Waals surface area contributed by atoms with Crippen LogP contribution in [0.1, 0.15) is 36.1 Å². The molecule has 0 spiro atoms. The van der Waals surface area contributed by atoms with Gasteiger partial charge in [-0.25, -0.2) is 4.39 Å². The van der Waals surface area contributed by atoms with Crippen molar-refractivity contribution in [1.29, 1.82) is 0 Å². The second-order valence-electron chi connectivity index (χ2n) is 5.39. The summed E-state index contributed by atoms with van der Waals surface area (Å²) < 4.78 is 17.2. The Balaban J connectivity index is 2.25. The Morgan fingerprint density at radius 1 is 1.40 bits per heavy atom. The summed E-state index contributed by atoms with van der Waals surface area (Å²) in [7, 11) is 0. The fourth-order valence-corrected chi connectivity index (χ4v) is 2.39. The molecule has 7 heteroatoms. The van der Waals surface area contributed by atoms with Gasteiger partial charge in [-0.3, -0.25) is 4.79 Å². The summed E-state index contributed by atoms with van der Waals surface area (Å²) >= 11 is 1.02. The molecule has 1 heterocycles. The van der Waals surface area contributed by atoms with Crippen LogP contribution in [-0.4, -0.2) is 15.5 Å². The Morgan fingerprint density at radius 3 is 2.70 bits per heavy atom. The number of carbonyl (C=O) groups excluding carboxylic acids is 1. The molecule has 2 rings (SSSR count). The maximum Gasteiger partial charge on any atom is 0.269 e. The minimum atomic E-state index is -0.568. The van der Waals surface area contributed by atoms with E-state index in [1.807, 2.05) is 20.8 Å². The molecule has 0 saturated carbocycles. The standard InChI is InChI=1S/C13H15FN4OS/c1-13(2,3)11-10(20-18-17-11)12(19)16-7-4-5-9(15)8(14)6-7/h4-6H,15H2,1-3H3,(H,16,19). The van der Waals surface area contributed by atoms with E-state index in [9.17, 15) is 9.18 Å². The fourth-order valence-electron chi connectivity index (χ4n) is 1.62. The number of anilines is 2. The molecule has 0 fully saturated rings. The summed E-state index contributed by atoms with van der Waals surface area (Å²) in [5, 5.41) is 6.62. The molecular formula is C13H15FN4OS. The number of nitrogens with zero attached hydrogens (tertiary/aromatic N) is 2. The highest BCUT2D eigenvalue weighted by atomic mass is 32.1. The van der Waals surface area contributed by atoms with Crippen LogP contribution in [0.5, 0.6) is 0 Å². The zero-order valence-corrected chi connectivity index (χ0v) is 12.2. The highest BCUT2D eigenvalue weighted by molar-refractivity contribution is 7.08. The number of carbonyl (C=O) groups is 1. The van der Waals surface area contributed by atoms with Gasteiger partial charge >= 0.3 is 0 Å². The molecule has 1 aromatic heterocycles. The maximum absolute atomic E-state index is 13.3. The van der Waals surface area contributed by atoms with Crippen LogP contribution in [0.25, 0.3) is 0 Å². The highest BCUT2D eigenvalue weighted by Gasteiger charge is 2.26. The molecule has 3 N–H and O–H groups in total. The van der Waals surface area contributed by atoms with Gasteiger partial charge in [0.05, 0.1) is 11.4 Å². The van der Waals surface area contributed by atoms with Gasteiger partial charge in [0.1, 0.15) is 10.7 Å². The first-order valence-electron chi connectivity index (χ1n) is 5.98. The SMILES string of the molecule is CC(C)(C)c1nnsc1C(=O)Nc1ccc(N)c(F)c1. The van der Waals surface area contributed by atoms with Crippen molar-refractivity contribution in [1.82, 2.24) is 9.59 Å². The van der Waals surface area contributed by atoms with Gasteiger partial charge in [0.2, 0.25) is 0 Å². The van der Waals surface area contributed by atoms with Crippen molar-refractivity contribution in [3.05, 3.63) is 34.6 Å². The predicted octanol–water partition coefficient (Wildman–Crippen LogP) is 2.81. The van der Waals surface area contributed by atoms with Crippen molar-refractivity contribution >= 4 is 28.8 Å². The summed E-state index contributed by atoms with van der Waals surface area (Å²) in [4.78, 5) is 12.6. The van der Waals surface area contributed by atoms with Crippen molar-refractivity contribution in [3.63, 3.8) is 0 Å². The molecule has 0 saturated heterocycles. The minimum absolute atomic E-state index is 0.0397. The molecule has 0 aliphatic heterocycles. The molecule has 0 atom stereocenters. The Kier molecular flexibility index (Phi) is 3.71. The van der Waals surface area contributed by atoms with E-state index < -0.39 is 5.82 Å². The molecule has 1 amide bonds. The third-order valence-electron chi connectivity index (χ3n) is 2.66. The molecule has 2 aromatic rings. The summed E-state index contributed by atoms with van der Waals surface area (Å²) in [5.74, 6) is -0.921. The first kappa shape index (κ1) is 14.4. The Labute approximate surface area is 120 Å². The average Bonchev–Trinajstić information content (AvgIpc) is 2.83. The van der Waals surface area contributed by atoms with E-state index in [1.54, 1.807) is 6.07 Å². The molecule has 106 valence electrons. The molecule has 0 bridgehead atoms. The van der Waals surface area contributed by atoms with Crippen molar-refractivity contribution < 1.29 is 9.18 Å². The van der Waals surface area contributed by atoms with Crippen LogP contribution in [0.4, 0.5) is 15.8 Å². The van der Waals surface area contributed by atoms with Gasteiger partial charge < -0.3 is 11.1 Å². The van der Waals surface area contributed by atoms with Crippen molar-refractivity contribution in [2.75, 3.05) is 11.1 Å². The summed E-state index contributed by atoms with van der Waals surface area (Å²) in [5.41, 5.74) is 6.11. The molecule has 20 heavy (non-hydrogen) atoms. The van der Waals surface area contributed by atoms with Crippen LogP contribution < -0.4 is 11.1 Å². The second-order valence-corrected chi connectivity index (χ2v) is 6.15. The number of hydrogen-bond donors (Lipinski definition) is 2. The molecule has 0 aliphatic carbocycles. The van der Waals surface area contributed by atoms with Crippen LogP contribution >= 0.6 is 11.5 Å². The van der Waals surface area contributed by atoms with Crippen molar-refractivity contribution in [2.45, 2.75) is 26.2 Å². The third-order valence-corrected chi connectivity index (χ3v) is 3.39. The van der Waals surface area contributed by atoms with Crippen LogP contribution in [0.15, 0.2) is 18.2 Å². The van der Waals surface area contributed by atoms with Crippen LogP contribution in [-0.2, 0) is 5.41 Å². The van der Waals surface area contributed by atoms with Gasteiger partial charge in [-0.2, -0.15) is 0 Å². The Morgan fingerprint density at radius 2 is 2.10 bits per heavy atom.